The van der Waals surface area contributed by atoms with E-state index in [0.717, 1.165) is 17.0 Å². The molecule has 0 N–H and O–H groups in total. The standard InChI is InChI=1S/C17H11ClF3NO3/c1-25-13-4-2-3-10-14(13)16(24)22(15(10)23)8-9-5-6-12(18)11(7-9)17(19,20)21/h2-7H,8H2,1H3. The van der Waals surface area contributed by atoms with Crippen molar-refractivity contribution in [3.05, 3.63) is 63.7 Å². The number of carbonyl (C=O) groups is 2. The van der Waals surface area contributed by atoms with E-state index >= 15 is 0 Å². The molecule has 2 aromatic carbocycles. The average Bonchev–Trinajstić information content (AvgIpc) is 2.80. The molecule has 0 atom stereocenters. The highest BCUT2D eigenvalue weighted by Crippen LogP contribution is 2.36. The number of nitrogens with zero attached hydrogens (tertiary/aromatic N) is 1. The molecule has 3 rings (SSSR count). The van der Waals surface area contributed by atoms with Gasteiger partial charge in [-0.15, -0.1) is 0 Å². The minimum Gasteiger partial charge on any atom is -0.496 e. The number of benzene rings is 2. The molecule has 0 fully saturated rings. The molecule has 0 saturated heterocycles. The Balaban J connectivity index is 1.95. The second-order valence-corrected chi connectivity index (χ2v) is 5.80. The van der Waals surface area contributed by atoms with E-state index in [4.69, 9.17) is 16.3 Å². The Morgan fingerprint density at radius 3 is 2.48 bits per heavy atom. The van der Waals surface area contributed by atoms with Gasteiger partial charge >= 0.3 is 6.18 Å². The summed E-state index contributed by atoms with van der Waals surface area (Å²) in [5.41, 5.74) is -0.597. The topological polar surface area (TPSA) is 46.6 Å². The van der Waals surface area contributed by atoms with Crippen LogP contribution in [0.3, 0.4) is 0 Å². The number of amides is 2. The van der Waals surface area contributed by atoms with E-state index in [-0.39, 0.29) is 29.0 Å². The van der Waals surface area contributed by atoms with Crippen LogP contribution < -0.4 is 4.74 Å². The molecule has 0 aromatic heterocycles. The van der Waals surface area contributed by atoms with E-state index in [9.17, 15) is 22.8 Å². The first kappa shape index (κ1) is 17.3. The molecule has 130 valence electrons. The minimum atomic E-state index is -4.63. The van der Waals surface area contributed by atoms with E-state index in [2.05, 4.69) is 0 Å². The number of rotatable bonds is 3. The lowest BCUT2D eigenvalue weighted by molar-refractivity contribution is -0.137. The van der Waals surface area contributed by atoms with Crippen LogP contribution in [0.4, 0.5) is 13.2 Å². The van der Waals surface area contributed by atoms with Gasteiger partial charge < -0.3 is 4.74 Å². The molecule has 0 bridgehead atoms. The van der Waals surface area contributed by atoms with Crippen molar-refractivity contribution in [3.8, 4) is 5.75 Å². The highest BCUT2D eigenvalue weighted by Gasteiger charge is 2.38. The molecule has 1 aliphatic heterocycles. The molecule has 2 amide bonds. The van der Waals surface area contributed by atoms with Crippen LogP contribution in [-0.4, -0.2) is 23.8 Å². The number of imide groups is 1. The van der Waals surface area contributed by atoms with Gasteiger partial charge in [0.05, 0.1) is 35.4 Å². The Morgan fingerprint density at radius 1 is 1.12 bits per heavy atom. The van der Waals surface area contributed by atoms with Gasteiger partial charge in [-0.25, -0.2) is 0 Å². The van der Waals surface area contributed by atoms with Gasteiger partial charge in [0.1, 0.15) is 5.75 Å². The van der Waals surface area contributed by atoms with Gasteiger partial charge in [0.15, 0.2) is 0 Å². The van der Waals surface area contributed by atoms with Crippen LogP contribution >= 0.6 is 11.6 Å². The Bertz CT molecular complexity index is 880. The maximum absolute atomic E-state index is 13.0. The molecule has 25 heavy (non-hydrogen) atoms. The van der Waals surface area contributed by atoms with Crippen LogP contribution in [-0.2, 0) is 12.7 Å². The van der Waals surface area contributed by atoms with E-state index in [1.807, 2.05) is 0 Å². The number of halogens is 4. The molecule has 2 aromatic rings. The molecule has 0 saturated carbocycles. The predicted octanol–water partition coefficient (Wildman–Crippen LogP) is 4.16. The second-order valence-electron chi connectivity index (χ2n) is 5.39. The summed E-state index contributed by atoms with van der Waals surface area (Å²) in [4.78, 5) is 25.8. The second kappa shape index (κ2) is 6.07. The van der Waals surface area contributed by atoms with Crippen LogP contribution in [0.5, 0.6) is 5.75 Å². The molecule has 4 nitrogen and oxygen atoms in total. The highest BCUT2D eigenvalue weighted by molar-refractivity contribution is 6.31. The maximum Gasteiger partial charge on any atom is 0.417 e. The average molecular weight is 370 g/mol. The SMILES string of the molecule is COc1cccc2c1C(=O)N(Cc1ccc(Cl)c(C(F)(F)F)c1)C2=O. The molecule has 0 spiro atoms. The number of alkyl halides is 3. The Labute approximate surface area is 145 Å². The van der Waals surface area contributed by atoms with Crippen LogP contribution in [0.2, 0.25) is 5.02 Å². The van der Waals surface area contributed by atoms with Crippen LogP contribution in [0.1, 0.15) is 31.8 Å². The zero-order chi connectivity index (χ0) is 18.4. The van der Waals surface area contributed by atoms with E-state index in [0.29, 0.717) is 0 Å². The van der Waals surface area contributed by atoms with Crippen molar-refractivity contribution < 1.29 is 27.5 Å². The summed E-state index contributed by atoms with van der Waals surface area (Å²) in [5.74, 6) is -0.950. The Hall–Kier alpha value is -2.54. The summed E-state index contributed by atoms with van der Waals surface area (Å²) < 4.78 is 44.0. The third kappa shape index (κ3) is 2.95. The van der Waals surface area contributed by atoms with Crippen molar-refractivity contribution >= 4 is 23.4 Å². The molecule has 1 heterocycles. The highest BCUT2D eigenvalue weighted by atomic mass is 35.5. The minimum absolute atomic E-state index is 0.111. The smallest absolute Gasteiger partial charge is 0.417 e. The summed E-state index contributed by atoms with van der Waals surface area (Å²) >= 11 is 5.58. The third-order valence-electron chi connectivity index (χ3n) is 3.86. The fraction of sp³-hybridized carbons (Fsp3) is 0.176. The van der Waals surface area contributed by atoms with Crippen LogP contribution in [0.15, 0.2) is 36.4 Å². The molecular weight excluding hydrogens is 359 g/mol. The molecule has 0 unspecified atom stereocenters. The quantitative estimate of drug-likeness (QED) is 0.763. The lowest BCUT2D eigenvalue weighted by Crippen LogP contribution is -2.29. The van der Waals surface area contributed by atoms with Crippen molar-refractivity contribution in [2.45, 2.75) is 12.7 Å². The summed E-state index contributed by atoms with van der Waals surface area (Å²) in [6.07, 6.45) is -4.63. The van der Waals surface area contributed by atoms with Crippen molar-refractivity contribution in [1.82, 2.24) is 4.90 Å². The number of carbonyl (C=O) groups excluding carboxylic acids is 2. The molecule has 0 radical (unpaired) electrons. The number of fused-ring (bicyclic) bond motifs is 1. The first-order valence-electron chi connectivity index (χ1n) is 7.13. The number of hydrogen-bond acceptors (Lipinski definition) is 3. The molecular formula is C17H11ClF3NO3. The fourth-order valence-corrected chi connectivity index (χ4v) is 2.91. The number of methoxy groups -OCH3 is 1. The Morgan fingerprint density at radius 2 is 1.84 bits per heavy atom. The van der Waals surface area contributed by atoms with Crippen LogP contribution in [0.25, 0.3) is 0 Å². The maximum atomic E-state index is 13.0. The summed E-state index contributed by atoms with van der Waals surface area (Å²) in [6.45, 7) is -0.296. The van der Waals surface area contributed by atoms with Crippen LogP contribution in [0, 0.1) is 0 Å². The summed E-state index contributed by atoms with van der Waals surface area (Å²) in [5, 5.41) is -0.444. The normalized spacial score (nSPS) is 14.0. The van der Waals surface area contributed by atoms with Gasteiger partial charge in [0.2, 0.25) is 0 Å². The van der Waals surface area contributed by atoms with Crippen molar-refractivity contribution in [2.24, 2.45) is 0 Å². The zero-order valence-corrected chi connectivity index (χ0v) is 13.6. The third-order valence-corrected chi connectivity index (χ3v) is 4.19. The first-order chi connectivity index (χ1) is 11.7. The van der Waals surface area contributed by atoms with E-state index in [1.165, 1.54) is 25.3 Å². The lowest BCUT2D eigenvalue weighted by atomic mass is 10.1. The van der Waals surface area contributed by atoms with Gasteiger partial charge in [-0.05, 0) is 29.8 Å². The molecule has 0 aliphatic carbocycles. The summed E-state index contributed by atoms with van der Waals surface area (Å²) in [6, 6.07) is 7.86. The van der Waals surface area contributed by atoms with Gasteiger partial charge in [-0.2, -0.15) is 13.2 Å². The number of hydrogen-bond donors (Lipinski definition) is 0. The largest absolute Gasteiger partial charge is 0.496 e. The monoisotopic (exact) mass is 369 g/mol. The number of ether oxygens (including phenoxy) is 1. The predicted molar refractivity (Wildman–Crippen MR) is 83.7 cm³/mol. The van der Waals surface area contributed by atoms with Gasteiger partial charge in [0, 0.05) is 0 Å². The van der Waals surface area contributed by atoms with Crippen molar-refractivity contribution in [1.29, 1.82) is 0 Å². The molecule has 8 heteroatoms. The van der Waals surface area contributed by atoms with Crippen molar-refractivity contribution in [2.75, 3.05) is 7.11 Å². The Kier molecular flexibility index (Phi) is 4.20. The van der Waals surface area contributed by atoms with E-state index in [1.54, 1.807) is 6.07 Å². The van der Waals surface area contributed by atoms with Gasteiger partial charge in [0.25, 0.3) is 11.8 Å². The van der Waals surface area contributed by atoms with Gasteiger partial charge in [-0.1, -0.05) is 23.7 Å². The summed E-state index contributed by atoms with van der Waals surface area (Å²) in [7, 11) is 1.37. The van der Waals surface area contributed by atoms with E-state index < -0.39 is 28.6 Å². The zero-order valence-electron chi connectivity index (χ0n) is 12.9. The van der Waals surface area contributed by atoms with Crippen molar-refractivity contribution in [3.63, 3.8) is 0 Å². The van der Waals surface area contributed by atoms with Gasteiger partial charge in [-0.3, -0.25) is 14.5 Å². The lowest BCUT2D eigenvalue weighted by Gasteiger charge is -2.16. The molecule has 1 aliphatic rings. The first-order valence-corrected chi connectivity index (χ1v) is 7.50. The fourth-order valence-electron chi connectivity index (χ4n) is 2.69.